The number of aryl methyl sites for hydroxylation is 3. The lowest BCUT2D eigenvalue weighted by atomic mass is 10.1. The highest BCUT2D eigenvalue weighted by Crippen LogP contribution is 2.29. The molecule has 0 N–H and O–H groups in total. The fourth-order valence-electron chi connectivity index (χ4n) is 1.98. The van der Waals surface area contributed by atoms with Crippen LogP contribution in [0.5, 0.6) is 0 Å². The quantitative estimate of drug-likeness (QED) is 0.786. The maximum absolute atomic E-state index is 11.2. The van der Waals surface area contributed by atoms with Crippen molar-refractivity contribution in [2.24, 2.45) is 0 Å². The van der Waals surface area contributed by atoms with Gasteiger partial charge in [-0.2, -0.15) is 0 Å². The van der Waals surface area contributed by atoms with Crippen molar-refractivity contribution < 1.29 is 9.53 Å². The topological polar surface area (TPSA) is 39.2 Å². The predicted octanol–water partition coefficient (Wildman–Crippen LogP) is 3.79. The first-order chi connectivity index (χ1) is 9.63. The summed E-state index contributed by atoms with van der Waals surface area (Å²) in [6.45, 7) is 4.14. The standard InChI is InChI=1S/C16H19NO2S/c1-4-12-5-7-13(8-6-12)16-17-11(2)14(20-16)9-10-15(18)19-3/h5-8H,4,9-10H2,1-3H3. The number of hydrogen-bond acceptors (Lipinski definition) is 4. The summed E-state index contributed by atoms with van der Waals surface area (Å²) in [6, 6.07) is 8.50. The second-order valence-corrected chi connectivity index (χ2v) is 5.74. The van der Waals surface area contributed by atoms with Crippen molar-refractivity contribution in [2.45, 2.75) is 33.1 Å². The lowest BCUT2D eigenvalue weighted by molar-refractivity contribution is -0.140. The van der Waals surface area contributed by atoms with Gasteiger partial charge in [-0.15, -0.1) is 11.3 Å². The summed E-state index contributed by atoms with van der Waals surface area (Å²) in [5, 5.41) is 1.02. The Hall–Kier alpha value is -1.68. The molecule has 0 saturated carbocycles. The Bertz CT molecular complexity index is 587. The molecule has 2 rings (SSSR count). The van der Waals surface area contributed by atoms with Crippen LogP contribution in [0.15, 0.2) is 24.3 Å². The lowest BCUT2D eigenvalue weighted by Crippen LogP contribution is -2.01. The summed E-state index contributed by atoms with van der Waals surface area (Å²) in [4.78, 5) is 17.0. The summed E-state index contributed by atoms with van der Waals surface area (Å²) >= 11 is 1.66. The third-order valence-corrected chi connectivity index (χ3v) is 4.55. The maximum atomic E-state index is 11.2. The number of rotatable bonds is 5. The number of carbonyl (C=O) groups is 1. The van der Waals surface area contributed by atoms with Crippen molar-refractivity contribution in [1.82, 2.24) is 4.98 Å². The summed E-state index contributed by atoms with van der Waals surface area (Å²) in [5.74, 6) is -0.174. The molecular weight excluding hydrogens is 270 g/mol. The van der Waals surface area contributed by atoms with Gasteiger partial charge in [0.15, 0.2) is 0 Å². The minimum Gasteiger partial charge on any atom is -0.469 e. The second-order valence-electron chi connectivity index (χ2n) is 4.65. The molecule has 0 bridgehead atoms. The number of esters is 1. The summed E-state index contributed by atoms with van der Waals surface area (Å²) in [6.07, 6.45) is 2.15. The van der Waals surface area contributed by atoms with Crippen LogP contribution in [0.3, 0.4) is 0 Å². The van der Waals surface area contributed by atoms with Crippen molar-refractivity contribution in [3.05, 3.63) is 40.4 Å². The Balaban J connectivity index is 2.15. The molecule has 3 nitrogen and oxygen atoms in total. The number of carbonyl (C=O) groups excluding carboxylic acids is 1. The Morgan fingerprint density at radius 1 is 1.30 bits per heavy atom. The molecule has 1 aromatic carbocycles. The largest absolute Gasteiger partial charge is 0.469 e. The Morgan fingerprint density at radius 3 is 2.60 bits per heavy atom. The van der Waals surface area contributed by atoms with Gasteiger partial charge >= 0.3 is 5.97 Å². The molecule has 0 radical (unpaired) electrons. The first kappa shape index (κ1) is 14.7. The van der Waals surface area contributed by atoms with Crippen LogP contribution in [0, 0.1) is 6.92 Å². The van der Waals surface area contributed by atoms with Crippen LogP contribution in [0.25, 0.3) is 10.6 Å². The van der Waals surface area contributed by atoms with Crippen molar-refractivity contribution in [3.8, 4) is 10.6 Å². The summed E-state index contributed by atoms with van der Waals surface area (Å²) in [7, 11) is 1.42. The van der Waals surface area contributed by atoms with Gasteiger partial charge in [0.25, 0.3) is 0 Å². The molecule has 4 heteroatoms. The van der Waals surface area contributed by atoms with E-state index in [1.54, 1.807) is 11.3 Å². The molecule has 0 amide bonds. The van der Waals surface area contributed by atoms with Gasteiger partial charge in [-0.3, -0.25) is 4.79 Å². The number of nitrogens with zero attached hydrogens (tertiary/aromatic N) is 1. The van der Waals surface area contributed by atoms with E-state index in [2.05, 4.69) is 40.9 Å². The second kappa shape index (κ2) is 6.66. The van der Waals surface area contributed by atoms with E-state index in [0.717, 1.165) is 27.6 Å². The van der Waals surface area contributed by atoms with Gasteiger partial charge in [0.2, 0.25) is 0 Å². The third-order valence-electron chi connectivity index (χ3n) is 3.29. The van der Waals surface area contributed by atoms with Crippen LogP contribution in [-0.4, -0.2) is 18.1 Å². The molecule has 20 heavy (non-hydrogen) atoms. The van der Waals surface area contributed by atoms with Gasteiger partial charge in [0, 0.05) is 10.4 Å². The van der Waals surface area contributed by atoms with Crippen LogP contribution in [0.2, 0.25) is 0 Å². The third kappa shape index (κ3) is 3.45. The molecule has 0 unspecified atom stereocenters. The fourth-order valence-corrected chi connectivity index (χ4v) is 3.05. The number of ether oxygens (including phenoxy) is 1. The zero-order valence-corrected chi connectivity index (χ0v) is 12.9. The van der Waals surface area contributed by atoms with Gasteiger partial charge in [-0.25, -0.2) is 4.98 Å². The monoisotopic (exact) mass is 289 g/mol. The van der Waals surface area contributed by atoms with Gasteiger partial charge in [-0.1, -0.05) is 31.2 Å². The molecule has 2 aromatic rings. The average molecular weight is 289 g/mol. The van der Waals surface area contributed by atoms with E-state index in [9.17, 15) is 4.79 Å². The van der Waals surface area contributed by atoms with Crippen molar-refractivity contribution >= 4 is 17.3 Å². The highest BCUT2D eigenvalue weighted by molar-refractivity contribution is 7.15. The van der Waals surface area contributed by atoms with E-state index in [1.807, 2.05) is 6.92 Å². The number of benzene rings is 1. The van der Waals surface area contributed by atoms with Crippen molar-refractivity contribution in [2.75, 3.05) is 7.11 Å². The van der Waals surface area contributed by atoms with Crippen LogP contribution < -0.4 is 0 Å². The fraction of sp³-hybridized carbons (Fsp3) is 0.375. The van der Waals surface area contributed by atoms with E-state index >= 15 is 0 Å². The molecule has 0 aliphatic carbocycles. The smallest absolute Gasteiger partial charge is 0.305 e. The van der Waals surface area contributed by atoms with Crippen molar-refractivity contribution in [3.63, 3.8) is 0 Å². The van der Waals surface area contributed by atoms with Crippen LogP contribution in [0.1, 0.15) is 29.5 Å². The van der Waals surface area contributed by atoms with E-state index < -0.39 is 0 Å². The molecule has 0 spiro atoms. The van der Waals surface area contributed by atoms with E-state index in [4.69, 9.17) is 0 Å². The zero-order chi connectivity index (χ0) is 14.5. The first-order valence-electron chi connectivity index (χ1n) is 6.76. The van der Waals surface area contributed by atoms with Gasteiger partial charge < -0.3 is 4.74 Å². The van der Waals surface area contributed by atoms with Gasteiger partial charge in [0.05, 0.1) is 19.2 Å². The van der Waals surface area contributed by atoms with Gasteiger partial charge in [-0.05, 0) is 25.3 Å². The average Bonchev–Trinajstić information content (AvgIpc) is 2.86. The Labute approximate surface area is 123 Å². The van der Waals surface area contributed by atoms with E-state index in [-0.39, 0.29) is 5.97 Å². The molecule has 0 atom stereocenters. The first-order valence-corrected chi connectivity index (χ1v) is 7.58. The van der Waals surface area contributed by atoms with Crippen LogP contribution >= 0.6 is 11.3 Å². The SMILES string of the molecule is CCc1ccc(-c2nc(C)c(CCC(=O)OC)s2)cc1. The molecule has 1 aromatic heterocycles. The highest BCUT2D eigenvalue weighted by atomic mass is 32.1. The number of methoxy groups -OCH3 is 1. The minimum absolute atomic E-state index is 0.174. The molecule has 0 fully saturated rings. The van der Waals surface area contributed by atoms with Crippen LogP contribution in [-0.2, 0) is 22.4 Å². The number of thiazole rings is 1. The van der Waals surface area contributed by atoms with Crippen molar-refractivity contribution in [1.29, 1.82) is 0 Å². The molecule has 0 aliphatic rings. The lowest BCUT2D eigenvalue weighted by Gasteiger charge is -1.99. The predicted molar refractivity (Wildman–Crippen MR) is 82.0 cm³/mol. The van der Waals surface area contributed by atoms with E-state index in [1.165, 1.54) is 12.7 Å². The van der Waals surface area contributed by atoms with Crippen LogP contribution in [0.4, 0.5) is 0 Å². The summed E-state index contributed by atoms with van der Waals surface area (Å²) < 4.78 is 4.67. The Kier molecular flexibility index (Phi) is 4.90. The van der Waals surface area contributed by atoms with Gasteiger partial charge in [0.1, 0.15) is 5.01 Å². The molecule has 0 saturated heterocycles. The minimum atomic E-state index is -0.174. The summed E-state index contributed by atoms with van der Waals surface area (Å²) in [5.41, 5.74) is 3.47. The molecule has 0 aliphatic heterocycles. The number of hydrogen-bond donors (Lipinski definition) is 0. The highest BCUT2D eigenvalue weighted by Gasteiger charge is 2.11. The number of aromatic nitrogens is 1. The zero-order valence-electron chi connectivity index (χ0n) is 12.1. The molecule has 1 heterocycles. The molecular formula is C16H19NO2S. The normalized spacial score (nSPS) is 10.6. The Morgan fingerprint density at radius 2 is 2.00 bits per heavy atom. The maximum Gasteiger partial charge on any atom is 0.305 e. The molecule has 106 valence electrons. The van der Waals surface area contributed by atoms with E-state index in [0.29, 0.717) is 12.8 Å².